The largest absolute Gasteiger partial charge is 0.378 e. The van der Waals surface area contributed by atoms with Crippen LogP contribution in [0.15, 0.2) is 66.7 Å². The van der Waals surface area contributed by atoms with Gasteiger partial charge < -0.3 is 14.5 Å². The fourth-order valence-electron chi connectivity index (χ4n) is 4.98. The molecule has 0 atom stereocenters. The third kappa shape index (κ3) is 3.82. The molecule has 1 aliphatic rings. The van der Waals surface area contributed by atoms with Crippen molar-refractivity contribution < 1.29 is 4.74 Å². The quantitative estimate of drug-likeness (QED) is 0.306. The number of fused-ring (bicyclic) bond motifs is 4. The summed E-state index contributed by atoms with van der Waals surface area (Å²) in [5, 5.41) is 11.4. The Kier molecular flexibility index (Phi) is 5.60. The van der Waals surface area contributed by atoms with Gasteiger partial charge in [0.1, 0.15) is 16.3 Å². The van der Waals surface area contributed by atoms with Gasteiger partial charge in [0, 0.05) is 43.7 Å². The zero-order valence-corrected chi connectivity index (χ0v) is 21.9. The molecule has 188 valence electrons. The van der Waals surface area contributed by atoms with Crippen LogP contribution in [0, 0.1) is 0 Å². The van der Waals surface area contributed by atoms with E-state index in [1.807, 2.05) is 43.3 Å². The van der Waals surface area contributed by atoms with Crippen molar-refractivity contribution >= 4 is 54.6 Å². The van der Waals surface area contributed by atoms with E-state index in [2.05, 4.69) is 52.5 Å². The van der Waals surface area contributed by atoms with E-state index in [0.29, 0.717) is 24.8 Å². The van der Waals surface area contributed by atoms with E-state index in [0.717, 1.165) is 67.1 Å². The molecule has 0 N–H and O–H groups in total. The molecule has 0 unspecified atom stereocenters. The molecule has 8 nitrogen and oxygen atoms in total. The zero-order valence-electron chi connectivity index (χ0n) is 21.1. The first kappa shape index (κ1) is 22.9. The SMILES string of the molecule is CN(C)c1nc(N2CCOCC2)c2cc3sc4nnc(-c5ccccc5)c(-c5ccccc5)c4c3nc2n1. The van der Waals surface area contributed by atoms with E-state index in [9.17, 15) is 0 Å². The van der Waals surface area contributed by atoms with E-state index in [-0.39, 0.29) is 0 Å². The second kappa shape index (κ2) is 9.27. The number of hydrogen-bond acceptors (Lipinski definition) is 9. The molecule has 7 rings (SSSR count). The number of morpholine rings is 1. The van der Waals surface area contributed by atoms with Crippen LogP contribution in [-0.4, -0.2) is 65.5 Å². The van der Waals surface area contributed by atoms with E-state index in [1.165, 1.54) is 0 Å². The molecule has 1 aliphatic heterocycles. The summed E-state index contributed by atoms with van der Waals surface area (Å²) in [4.78, 5) is 20.0. The van der Waals surface area contributed by atoms with Crippen molar-refractivity contribution in [3.8, 4) is 22.4 Å². The van der Waals surface area contributed by atoms with E-state index >= 15 is 0 Å². The number of pyridine rings is 1. The number of thiophene rings is 1. The smallest absolute Gasteiger partial charge is 0.228 e. The van der Waals surface area contributed by atoms with Gasteiger partial charge in [0.2, 0.25) is 5.95 Å². The highest BCUT2D eigenvalue weighted by atomic mass is 32.1. The molecule has 1 fully saturated rings. The number of anilines is 2. The predicted molar refractivity (Wildman–Crippen MR) is 154 cm³/mol. The minimum Gasteiger partial charge on any atom is -0.378 e. The Morgan fingerprint density at radius 1 is 0.842 bits per heavy atom. The summed E-state index contributed by atoms with van der Waals surface area (Å²) >= 11 is 1.61. The summed E-state index contributed by atoms with van der Waals surface area (Å²) < 4.78 is 6.64. The molecule has 5 heterocycles. The Balaban J connectivity index is 1.56. The summed E-state index contributed by atoms with van der Waals surface area (Å²) in [6, 6.07) is 22.8. The van der Waals surface area contributed by atoms with Crippen LogP contribution in [0.4, 0.5) is 11.8 Å². The van der Waals surface area contributed by atoms with Gasteiger partial charge in [-0.25, -0.2) is 4.98 Å². The molecular weight excluding hydrogens is 494 g/mol. The lowest BCUT2D eigenvalue weighted by Gasteiger charge is -2.29. The second-order valence-electron chi connectivity index (χ2n) is 9.49. The molecule has 0 spiro atoms. The molecule has 1 saturated heterocycles. The lowest BCUT2D eigenvalue weighted by Crippen LogP contribution is -2.37. The maximum Gasteiger partial charge on any atom is 0.228 e. The predicted octanol–water partition coefficient (Wildman–Crippen LogP) is 5.42. The number of hydrogen-bond donors (Lipinski definition) is 0. The van der Waals surface area contributed by atoms with Crippen molar-refractivity contribution in [1.29, 1.82) is 0 Å². The highest BCUT2D eigenvalue weighted by molar-refractivity contribution is 7.25. The lowest BCUT2D eigenvalue weighted by atomic mass is 9.97. The number of rotatable bonds is 4. The highest BCUT2D eigenvalue weighted by Gasteiger charge is 2.23. The average Bonchev–Trinajstić information content (AvgIpc) is 3.33. The minimum absolute atomic E-state index is 0.637. The molecule has 0 bridgehead atoms. The number of aromatic nitrogens is 5. The van der Waals surface area contributed by atoms with Crippen molar-refractivity contribution in [2.45, 2.75) is 0 Å². The van der Waals surface area contributed by atoms with Crippen LogP contribution in [0.5, 0.6) is 0 Å². The van der Waals surface area contributed by atoms with Gasteiger partial charge in [0.25, 0.3) is 0 Å². The molecule has 9 heteroatoms. The van der Waals surface area contributed by atoms with Gasteiger partial charge in [-0.05, 0) is 11.6 Å². The van der Waals surface area contributed by atoms with Crippen molar-refractivity contribution in [2.75, 3.05) is 50.2 Å². The van der Waals surface area contributed by atoms with Gasteiger partial charge in [-0.15, -0.1) is 21.5 Å². The normalized spacial score (nSPS) is 14.0. The molecule has 2 aromatic carbocycles. The Bertz CT molecular complexity index is 1780. The molecule has 0 amide bonds. The van der Waals surface area contributed by atoms with Gasteiger partial charge in [-0.1, -0.05) is 60.7 Å². The van der Waals surface area contributed by atoms with Crippen molar-refractivity contribution in [1.82, 2.24) is 25.1 Å². The van der Waals surface area contributed by atoms with Crippen LogP contribution in [0.1, 0.15) is 0 Å². The summed E-state index contributed by atoms with van der Waals surface area (Å²) in [5.41, 5.74) is 5.55. The monoisotopic (exact) mass is 519 g/mol. The Hall–Kier alpha value is -4.21. The summed E-state index contributed by atoms with van der Waals surface area (Å²) in [6.45, 7) is 2.93. The van der Waals surface area contributed by atoms with Gasteiger partial charge in [-0.3, -0.25) is 0 Å². The maximum absolute atomic E-state index is 5.60. The topological polar surface area (TPSA) is 80.2 Å². The third-order valence-corrected chi connectivity index (χ3v) is 7.84. The minimum atomic E-state index is 0.637. The average molecular weight is 520 g/mol. The first-order valence-electron chi connectivity index (χ1n) is 12.6. The van der Waals surface area contributed by atoms with Gasteiger partial charge in [0.05, 0.1) is 28.8 Å². The number of nitrogens with zero attached hydrogens (tertiary/aromatic N) is 7. The van der Waals surface area contributed by atoms with Crippen LogP contribution in [0.2, 0.25) is 0 Å². The van der Waals surface area contributed by atoms with E-state index in [1.54, 1.807) is 11.3 Å². The first-order valence-corrected chi connectivity index (χ1v) is 13.4. The summed E-state index contributed by atoms with van der Waals surface area (Å²) in [7, 11) is 3.91. The van der Waals surface area contributed by atoms with Crippen LogP contribution < -0.4 is 9.80 Å². The lowest BCUT2D eigenvalue weighted by molar-refractivity contribution is 0.122. The van der Waals surface area contributed by atoms with Crippen molar-refractivity contribution in [3.63, 3.8) is 0 Å². The third-order valence-electron chi connectivity index (χ3n) is 6.83. The first-order chi connectivity index (χ1) is 18.7. The standard InChI is InChI=1S/C29H25N7OS/c1-35(2)29-31-26-20(27(32-29)36-13-15-37-16-14-36)17-21-25(30-26)23-22(18-9-5-3-6-10-18)24(33-34-28(23)38-21)19-11-7-4-8-12-19/h3-12,17H,13-16H2,1-2H3. The van der Waals surface area contributed by atoms with Gasteiger partial charge in [-0.2, -0.15) is 9.97 Å². The Morgan fingerprint density at radius 3 is 2.26 bits per heavy atom. The summed E-state index contributed by atoms with van der Waals surface area (Å²) in [6.07, 6.45) is 0. The second-order valence-corrected chi connectivity index (χ2v) is 10.5. The fourth-order valence-corrected chi connectivity index (χ4v) is 5.99. The number of benzene rings is 2. The molecule has 6 aromatic rings. The fraction of sp³-hybridized carbons (Fsp3) is 0.207. The molecule has 0 radical (unpaired) electrons. The van der Waals surface area contributed by atoms with Crippen molar-refractivity contribution in [3.05, 3.63) is 66.7 Å². The highest BCUT2D eigenvalue weighted by Crippen LogP contribution is 2.43. The number of ether oxygens (including phenoxy) is 1. The van der Waals surface area contributed by atoms with E-state index < -0.39 is 0 Å². The Morgan fingerprint density at radius 2 is 1.55 bits per heavy atom. The molecular formula is C29H25N7OS. The van der Waals surface area contributed by atoms with Crippen LogP contribution in [-0.2, 0) is 4.74 Å². The van der Waals surface area contributed by atoms with Crippen LogP contribution >= 0.6 is 11.3 Å². The summed E-state index contributed by atoms with van der Waals surface area (Å²) in [5.74, 6) is 1.53. The molecule has 38 heavy (non-hydrogen) atoms. The van der Waals surface area contributed by atoms with Gasteiger partial charge >= 0.3 is 0 Å². The van der Waals surface area contributed by atoms with Crippen molar-refractivity contribution in [2.24, 2.45) is 0 Å². The molecule has 4 aromatic heterocycles. The Labute approximate surface area is 223 Å². The molecule has 0 saturated carbocycles. The molecule has 0 aliphatic carbocycles. The maximum atomic E-state index is 5.60. The van der Waals surface area contributed by atoms with Crippen LogP contribution in [0.3, 0.4) is 0 Å². The zero-order chi connectivity index (χ0) is 25.6. The van der Waals surface area contributed by atoms with Gasteiger partial charge in [0.15, 0.2) is 5.65 Å². The van der Waals surface area contributed by atoms with Crippen LogP contribution in [0.25, 0.3) is 53.9 Å². The van der Waals surface area contributed by atoms with E-state index in [4.69, 9.17) is 24.8 Å².